The van der Waals surface area contributed by atoms with Gasteiger partial charge in [-0.15, -0.1) is 0 Å². The number of piperazine rings is 1. The summed E-state index contributed by atoms with van der Waals surface area (Å²) in [6.07, 6.45) is 2.40. The molecule has 0 aliphatic carbocycles. The summed E-state index contributed by atoms with van der Waals surface area (Å²) in [5, 5.41) is 6.06. The molecule has 2 aromatic carbocycles. The zero-order chi connectivity index (χ0) is 23.9. The van der Waals surface area contributed by atoms with Crippen LogP contribution < -0.4 is 20.4 Å². The Balaban J connectivity index is 1.19. The quantitative estimate of drug-likeness (QED) is 0.617. The van der Waals surface area contributed by atoms with Crippen molar-refractivity contribution in [2.75, 3.05) is 60.9 Å². The van der Waals surface area contributed by atoms with E-state index < -0.39 is 11.8 Å². The number of hydrogen-bond acceptors (Lipinski definition) is 5. The molecule has 9 heteroatoms. The molecule has 0 atom stereocenters. The number of nitrogens with zero attached hydrogens (tertiary/aromatic N) is 3. The van der Waals surface area contributed by atoms with Gasteiger partial charge in [0.1, 0.15) is 0 Å². The van der Waals surface area contributed by atoms with E-state index >= 15 is 0 Å². The van der Waals surface area contributed by atoms with Crippen LogP contribution in [0, 0.1) is 0 Å². The van der Waals surface area contributed by atoms with E-state index in [9.17, 15) is 14.4 Å². The summed E-state index contributed by atoms with van der Waals surface area (Å²) in [6, 6.07) is 14.9. The van der Waals surface area contributed by atoms with Crippen molar-refractivity contribution in [3.05, 3.63) is 53.6 Å². The molecular weight excluding hydrogens is 454 g/mol. The highest BCUT2D eigenvalue weighted by Crippen LogP contribution is 2.24. The number of nitrogens with one attached hydrogen (secondary N) is 2. The fourth-order valence-electron chi connectivity index (χ4n) is 4.31. The molecule has 0 bridgehead atoms. The van der Waals surface area contributed by atoms with Crippen molar-refractivity contribution < 1.29 is 14.4 Å². The van der Waals surface area contributed by atoms with E-state index in [2.05, 4.69) is 20.4 Å². The number of carbonyl (C=O) groups excluding carboxylic acids is 3. The number of anilines is 3. The Morgan fingerprint density at radius 1 is 0.882 bits per heavy atom. The number of piperidine rings is 1. The maximum absolute atomic E-state index is 12.3. The van der Waals surface area contributed by atoms with Crippen molar-refractivity contribution in [1.29, 1.82) is 0 Å². The van der Waals surface area contributed by atoms with Gasteiger partial charge in [-0.2, -0.15) is 0 Å². The molecule has 34 heavy (non-hydrogen) atoms. The van der Waals surface area contributed by atoms with Crippen molar-refractivity contribution in [1.82, 2.24) is 10.2 Å². The van der Waals surface area contributed by atoms with Crippen LogP contribution in [-0.2, 0) is 14.4 Å². The molecule has 0 radical (unpaired) electrons. The molecule has 0 aromatic heterocycles. The molecule has 2 N–H and O–H groups in total. The summed E-state index contributed by atoms with van der Waals surface area (Å²) in [6.45, 7) is 5.30. The first-order valence-electron chi connectivity index (χ1n) is 11.7. The fourth-order valence-corrected chi connectivity index (χ4v) is 4.43. The Labute approximate surface area is 204 Å². The number of carbonyl (C=O) groups is 3. The van der Waals surface area contributed by atoms with Gasteiger partial charge in [-0.3, -0.25) is 19.3 Å². The molecule has 180 valence electrons. The Hall–Kier alpha value is -3.10. The van der Waals surface area contributed by atoms with E-state index in [0.29, 0.717) is 31.7 Å². The molecular formula is C25H30ClN5O3. The molecule has 2 aliphatic rings. The SMILES string of the molecule is O=C(NCCN1CCN(c2ccc(Cl)cc2)CC1)C(=O)Nc1cccc(N2CCCCC2=O)c1. The van der Waals surface area contributed by atoms with Gasteiger partial charge in [0.25, 0.3) is 0 Å². The van der Waals surface area contributed by atoms with Crippen LogP contribution in [0.3, 0.4) is 0 Å². The van der Waals surface area contributed by atoms with E-state index in [1.54, 1.807) is 23.1 Å². The standard InChI is InChI=1S/C25H30ClN5O3/c26-19-7-9-21(10-8-19)30-16-14-29(15-17-30)13-11-27-24(33)25(34)28-20-4-3-5-22(18-20)31-12-2-1-6-23(31)32/h3-5,7-10,18H,1-2,6,11-17H2,(H,27,33)(H,28,34). The van der Waals surface area contributed by atoms with E-state index in [-0.39, 0.29) is 5.91 Å². The van der Waals surface area contributed by atoms with Gasteiger partial charge in [-0.05, 0) is 55.3 Å². The van der Waals surface area contributed by atoms with E-state index in [0.717, 1.165) is 55.4 Å². The third-order valence-electron chi connectivity index (χ3n) is 6.22. The molecule has 0 unspecified atom stereocenters. The molecule has 0 saturated carbocycles. The molecule has 2 heterocycles. The number of benzene rings is 2. The predicted octanol–water partition coefficient (Wildman–Crippen LogP) is 2.73. The summed E-state index contributed by atoms with van der Waals surface area (Å²) in [7, 11) is 0. The average molecular weight is 484 g/mol. The topological polar surface area (TPSA) is 85.0 Å². The molecule has 4 rings (SSSR count). The van der Waals surface area contributed by atoms with Gasteiger partial charge in [0, 0.05) is 74.3 Å². The molecule has 2 aromatic rings. The van der Waals surface area contributed by atoms with E-state index in [1.165, 1.54) is 0 Å². The molecule has 2 aliphatic heterocycles. The van der Waals surface area contributed by atoms with Crippen LogP contribution >= 0.6 is 11.6 Å². The lowest BCUT2D eigenvalue weighted by molar-refractivity contribution is -0.136. The Kier molecular flexibility index (Phi) is 8.03. The van der Waals surface area contributed by atoms with Crippen molar-refractivity contribution in [3.8, 4) is 0 Å². The minimum atomic E-state index is -0.713. The van der Waals surface area contributed by atoms with Crippen molar-refractivity contribution in [3.63, 3.8) is 0 Å². The van der Waals surface area contributed by atoms with Gasteiger partial charge in [0.2, 0.25) is 5.91 Å². The monoisotopic (exact) mass is 483 g/mol. The second-order valence-electron chi connectivity index (χ2n) is 8.57. The summed E-state index contributed by atoms with van der Waals surface area (Å²) in [5.41, 5.74) is 2.39. The highest BCUT2D eigenvalue weighted by molar-refractivity contribution is 6.39. The van der Waals surface area contributed by atoms with Crippen molar-refractivity contribution in [2.24, 2.45) is 0 Å². The van der Waals surface area contributed by atoms with Crippen LogP contribution in [0.15, 0.2) is 48.5 Å². The highest BCUT2D eigenvalue weighted by Gasteiger charge is 2.21. The van der Waals surface area contributed by atoms with Crippen LogP contribution in [0.5, 0.6) is 0 Å². The third-order valence-corrected chi connectivity index (χ3v) is 6.47. The molecule has 2 fully saturated rings. The molecule has 0 spiro atoms. The first-order valence-corrected chi connectivity index (χ1v) is 12.1. The number of hydrogen-bond donors (Lipinski definition) is 2. The van der Waals surface area contributed by atoms with Crippen molar-refractivity contribution >= 4 is 46.4 Å². The summed E-state index contributed by atoms with van der Waals surface area (Å²) in [4.78, 5) is 43.1. The zero-order valence-corrected chi connectivity index (χ0v) is 19.9. The maximum Gasteiger partial charge on any atom is 0.313 e. The van der Waals surface area contributed by atoms with Gasteiger partial charge in [-0.1, -0.05) is 17.7 Å². The largest absolute Gasteiger partial charge is 0.369 e. The van der Waals surface area contributed by atoms with Crippen LogP contribution in [-0.4, -0.2) is 68.4 Å². The summed E-state index contributed by atoms with van der Waals surface area (Å²) < 4.78 is 0. The summed E-state index contributed by atoms with van der Waals surface area (Å²) >= 11 is 5.96. The first-order chi connectivity index (χ1) is 16.5. The highest BCUT2D eigenvalue weighted by atomic mass is 35.5. The second kappa shape index (κ2) is 11.4. The third kappa shape index (κ3) is 6.27. The van der Waals surface area contributed by atoms with Crippen LogP contribution in [0.2, 0.25) is 5.02 Å². The van der Waals surface area contributed by atoms with Crippen LogP contribution in [0.1, 0.15) is 19.3 Å². The zero-order valence-electron chi connectivity index (χ0n) is 19.1. The van der Waals surface area contributed by atoms with Gasteiger partial charge >= 0.3 is 11.8 Å². The smallest absolute Gasteiger partial charge is 0.313 e. The van der Waals surface area contributed by atoms with Gasteiger partial charge in [0.15, 0.2) is 0 Å². The molecule has 2 saturated heterocycles. The minimum absolute atomic E-state index is 0.0847. The first kappa shape index (κ1) is 24.0. The van der Waals surface area contributed by atoms with Gasteiger partial charge in [-0.25, -0.2) is 0 Å². The van der Waals surface area contributed by atoms with Gasteiger partial charge < -0.3 is 20.4 Å². The van der Waals surface area contributed by atoms with Crippen molar-refractivity contribution in [2.45, 2.75) is 19.3 Å². The normalized spacial score (nSPS) is 16.9. The van der Waals surface area contributed by atoms with E-state index in [1.807, 2.05) is 30.3 Å². The Bertz CT molecular complexity index is 1020. The fraction of sp³-hybridized carbons (Fsp3) is 0.400. The Morgan fingerprint density at radius 3 is 2.38 bits per heavy atom. The number of rotatable bonds is 6. The van der Waals surface area contributed by atoms with Crippen LogP contribution in [0.25, 0.3) is 0 Å². The average Bonchev–Trinajstić information content (AvgIpc) is 2.85. The minimum Gasteiger partial charge on any atom is -0.369 e. The lowest BCUT2D eigenvalue weighted by atomic mass is 10.1. The Morgan fingerprint density at radius 2 is 1.65 bits per heavy atom. The lowest BCUT2D eigenvalue weighted by Gasteiger charge is -2.36. The molecule has 8 nitrogen and oxygen atoms in total. The number of amides is 3. The van der Waals surface area contributed by atoms with Crippen LogP contribution in [0.4, 0.5) is 17.1 Å². The molecule has 3 amide bonds. The number of halogens is 1. The maximum atomic E-state index is 12.3. The van der Waals surface area contributed by atoms with E-state index in [4.69, 9.17) is 11.6 Å². The second-order valence-corrected chi connectivity index (χ2v) is 9.00. The predicted molar refractivity (Wildman–Crippen MR) is 134 cm³/mol. The van der Waals surface area contributed by atoms with Gasteiger partial charge in [0.05, 0.1) is 0 Å². The summed E-state index contributed by atoms with van der Waals surface area (Å²) in [5.74, 6) is -1.30. The lowest BCUT2D eigenvalue weighted by Crippen LogP contribution is -2.49.